The number of nitrogens with zero attached hydrogens (tertiary/aromatic N) is 1. The minimum atomic E-state index is -0.149. The highest BCUT2D eigenvalue weighted by Gasteiger charge is 2.16. The standard InChI is InChI=1S/C14H22N2O2/c15-13-6-1-2-7-14(13)18-10-4-9-16-8-3-5-12(17)11-16/h1-2,6-7,12,17H,3-5,8-11,15H2. The molecule has 100 valence electrons. The number of hydrogen-bond donors (Lipinski definition) is 2. The maximum absolute atomic E-state index is 9.56. The van der Waals surface area contributed by atoms with Crippen LogP contribution in [0.5, 0.6) is 5.75 Å². The predicted octanol–water partition coefficient (Wildman–Crippen LogP) is 1.49. The van der Waals surface area contributed by atoms with Crippen LogP contribution in [0.4, 0.5) is 5.69 Å². The van der Waals surface area contributed by atoms with Crippen molar-refractivity contribution in [2.24, 2.45) is 0 Å². The first-order valence-corrected chi connectivity index (χ1v) is 6.63. The highest BCUT2D eigenvalue weighted by Crippen LogP contribution is 2.19. The van der Waals surface area contributed by atoms with Crippen molar-refractivity contribution in [3.05, 3.63) is 24.3 Å². The zero-order valence-corrected chi connectivity index (χ0v) is 10.7. The van der Waals surface area contributed by atoms with Gasteiger partial charge in [-0.25, -0.2) is 0 Å². The molecule has 2 rings (SSSR count). The lowest BCUT2D eigenvalue weighted by Gasteiger charge is -2.29. The largest absolute Gasteiger partial charge is 0.491 e. The summed E-state index contributed by atoms with van der Waals surface area (Å²) in [6, 6.07) is 7.56. The fraction of sp³-hybridized carbons (Fsp3) is 0.571. The van der Waals surface area contributed by atoms with Gasteiger partial charge in [-0.2, -0.15) is 0 Å². The molecule has 0 radical (unpaired) electrons. The Morgan fingerprint density at radius 2 is 2.22 bits per heavy atom. The van der Waals surface area contributed by atoms with Crippen LogP contribution in [0.1, 0.15) is 19.3 Å². The third kappa shape index (κ3) is 3.89. The molecule has 1 aromatic rings. The Morgan fingerprint density at radius 1 is 1.39 bits per heavy atom. The van der Waals surface area contributed by atoms with Crippen LogP contribution in [-0.2, 0) is 0 Å². The molecule has 0 bridgehead atoms. The number of β-amino-alcohol motifs (C(OH)–C–C–N with tert-alkyl or cyclic N) is 1. The van der Waals surface area contributed by atoms with E-state index >= 15 is 0 Å². The minimum absolute atomic E-state index is 0.149. The SMILES string of the molecule is Nc1ccccc1OCCCN1CCCC(O)C1. The summed E-state index contributed by atoms with van der Waals surface area (Å²) in [6.45, 7) is 3.53. The van der Waals surface area contributed by atoms with Gasteiger partial charge in [-0.3, -0.25) is 0 Å². The Bertz CT molecular complexity index is 371. The van der Waals surface area contributed by atoms with Gasteiger partial charge in [0.2, 0.25) is 0 Å². The highest BCUT2D eigenvalue weighted by molar-refractivity contribution is 5.51. The normalized spacial score (nSPS) is 20.8. The number of rotatable bonds is 5. The lowest BCUT2D eigenvalue weighted by atomic mass is 10.1. The quantitative estimate of drug-likeness (QED) is 0.614. The van der Waals surface area contributed by atoms with Crippen LogP contribution in [0.2, 0.25) is 0 Å². The van der Waals surface area contributed by atoms with Crippen molar-refractivity contribution >= 4 is 5.69 Å². The summed E-state index contributed by atoms with van der Waals surface area (Å²) in [4.78, 5) is 2.30. The van der Waals surface area contributed by atoms with Crippen LogP contribution < -0.4 is 10.5 Å². The summed E-state index contributed by atoms with van der Waals surface area (Å²) in [5.41, 5.74) is 6.48. The van der Waals surface area contributed by atoms with E-state index in [1.807, 2.05) is 24.3 Å². The maximum Gasteiger partial charge on any atom is 0.142 e. The zero-order valence-electron chi connectivity index (χ0n) is 10.7. The fourth-order valence-corrected chi connectivity index (χ4v) is 2.32. The van der Waals surface area contributed by atoms with Crippen molar-refractivity contribution in [1.29, 1.82) is 0 Å². The molecule has 1 fully saturated rings. The topological polar surface area (TPSA) is 58.7 Å². The molecule has 0 spiro atoms. The van der Waals surface area contributed by atoms with Gasteiger partial charge in [0.1, 0.15) is 5.75 Å². The third-order valence-electron chi connectivity index (χ3n) is 3.28. The molecule has 1 atom stereocenters. The number of likely N-dealkylation sites (tertiary alicyclic amines) is 1. The summed E-state index contributed by atoms with van der Waals surface area (Å²) in [5.74, 6) is 0.760. The van der Waals surface area contributed by atoms with Gasteiger partial charge in [0.15, 0.2) is 0 Å². The molecule has 1 saturated heterocycles. The Hall–Kier alpha value is -1.26. The van der Waals surface area contributed by atoms with Gasteiger partial charge in [-0.15, -0.1) is 0 Å². The van der Waals surface area contributed by atoms with Gasteiger partial charge in [0.05, 0.1) is 18.4 Å². The summed E-state index contributed by atoms with van der Waals surface area (Å²) >= 11 is 0. The number of piperidine rings is 1. The second-order valence-corrected chi connectivity index (χ2v) is 4.84. The summed E-state index contributed by atoms with van der Waals surface area (Å²) in [6.07, 6.45) is 2.84. The number of para-hydroxylation sites is 2. The lowest BCUT2D eigenvalue weighted by Crippen LogP contribution is -2.39. The molecular formula is C14H22N2O2. The summed E-state index contributed by atoms with van der Waals surface area (Å²) in [5, 5.41) is 9.56. The van der Waals surface area contributed by atoms with Crippen molar-refractivity contribution in [2.75, 3.05) is 32.0 Å². The molecule has 4 heteroatoms. The van der Waals surface area contributed by atoms with Crippen molar-refractivity contribution in [3.8, 4) is 5.75 Å². The predicted molar refractivity (Wildman–Crippen MR) is 72.6 cm³/mol. The van der Waals surface area contributed by atoms with Gasteiger partial charge >= 0.3 is 0 Å². The number of nitrogens with two attached hydrogens (primary N) is 1. The molecule has 1 heterocycles. The average molecular weight is 250 g/mol. The van der Waals surface area contributed by atoms with Crippen molar-refractivity contribution < 1.29 is 9.84 Å². The fourth-order valence-electron chi connectivity index (χ4n) is 2.32. The first-order chi connectivity index (χ1) is 8.75. The molecular weight excluding hydrogens is 228 g/mol. The monoisotopic (exact) mass is 250 g/mol. The molecule has 0 aliphatic carbocycles. The number of nitrogen functional groups attached to an aromatic ring is 1. The van der Waals surface area contributed by atoms with Gasteiger partial charge in [-0.1, -0.05) is 12.1 Å². The second-order valence-electron chi connectivity index (χ2n) is 4.84. The van der Waals surface area contributed by atoms with E-state index in [2.05, 4.69) is 4.90 Å². The van der Waals surface area contributed by atoms with Crippen LogP contribution in [0.3, 0.4) is 0 Å². The lowest BCUT2D eigenvalue weighted by molar-refractivity contribution is 0.0679. The molecule has 0 aromatic heterocycles. The average Bonchev–Trinajstić information content (AvgIpc) is 2.37. The maximum atomic E-state index is 9.56. The molecule has 18 heavy (non-hydrogen) atoms. The van der Waals surface area contributed by atoms with Crippen LogP contribution in [0.25, 0.3) is 0 Å². The molecule has 1 aromatic carbocycles. The smallest absolute Gasteiger partial charge is 0.142 e. The molecule has 0 amide bonds. The number of ether oxygens (including phenoxy) is 1. The van der Waals surface area contributed by atoms with Crippen molar-refractivity contribution in [3.63, 3.8) is 0 Å². The molecule has 1 aliphatic heterocycles. The minimum Gasteiger partial charge on any atom is -0.491 e. The molecule has 1 aliphatic rings. The van der Waals surface area contributed by atoms with Crippen molar-refractivity contribution in [2.45, 2.75) is 25.4 Å². The van der Waals surface area contributed by atoms with E-state index in [9.17, 15) is 5.11 Å². The summed E-state index contributed by atoms with van der Waals surface area (Å²) < 4.78 is 5.64. The second kappa shape index (κ2) is 6.61. The van der Waals surface area contributed by atoms with Gasteiger partial charge < -0.3 is 20.5 Å². The number of aliphatic hydroxyl groups excluding tert-OH is 1. The first kappa shape index (κ1) is 13.2. The third-order valence-corrected chi connectivity index (χ3v) is 3.28. The number of benzene rings is 1. The Morgan fingerprint density at radius 3 is 3.00 bits per heavy atom. The van der Waals surface area contributed by atoms with E-state index in [0.717, 1.165) is 44.6 Å². The Balaban J connectivity index is 1.65. The molecule has 1 unspecified atom stereocenters. The van der Waals surface area contributed by atoms with E-state index in [0.29, 0.717) is 12.3 Å². The van der Waals surface area contributed by atoms with Crippen LogP contribution in [0, 0.1) is 0 Å². The molecule has 3 N–H and O–H groups in total. The van der Waals surface area contributed by atoms with Crippen molar-refractivity contribution in [1.82, 2.24) is 4.90 Å². The van der Waals surface area contributed by atoms with Gasteiger partial charge in [0, 0.05) is 13.1 Å². The van der Waals surface area contributed by atoms with Gasteiger partial charge in [0.25, 0.3) is 0 Å². The Labute approximate surface area is 108 Å². The van der Waals surface area contributed by atoms with Crippen LogP contribution in [0.15, 0.2) is 24.3 Å². The first-order valence-electron chi connectivity index (χ1n) is 6.63. The van der Waals surface area contributed by atoms with Crippen LogP contribution >= 0.6 is 0 Å². The van der Waals surface area contributed by atoms with E-state index in [1.54, 1.807) is 0 Å². The highest BCUT2D eigenvalue weighted by atomic mass is 16.5. The van der Waals surface area contributed by atoms with E-state index in [4.69, 9.17) is 10.5 Å². The number of aliphatic hydroxyl groups is 1. The van der Waals surface area contributed by atoms with E-state index in [-0.39, 0.29) is 6.10 Å². The Kier molecular flexibility index (Phi) is 4.84. The number of anilines is 1. The summed E-state index contributed by atoms with van der Waals surface area (Å²) in [7, 11) is 0. The molecule has 0 saturated carbocycles. The molecule has 4 nitrogen and oxygen atoms in total. The van der Waals surface area contributed by atoms with Gasteiger partial charge in [-0.05, 0) is 37.9 Å². The van der Waals surface area contributed by atoms with E-state index < -0.39 is 0 Å². The number of hydrogen-bond acceptors (Lipinski definition) is 4. The van der Waals surface area contributed by atoms with Crippen LogP contribution in [-0.4, -0.2) is 42.4 Å². The zero-order chi connectivity index (χ0) is 12.8. The van der Waals surface area contributed by atoms with E-state index in [1.165, 1.54) is 0 Å².